The van der Waals surface area contributed by atoms with Crippen LogP contribution in [-0.4, -0.2) is 23.3 Å². The minimum Gasteiger partial charge on any atom is -0.463 e. The Morgan fingerprint density at radius 2 is 1.86 bits per heavy atom. The van der Waals surface area contributed by atoms with Crippen molar-refractivity contribution in [2.24, 2.45) is 0 Å². The standard InChI is InChI=1S/C11H22O3/c1-9(2)14-11(13)8-6-4-5-7-10(3)12/h9-10,12H,4-8H2,1-3H3. The molecule has 3 nitrogen and oxygen atoms in total. The van der Waals surface area contributed by atoms with E-state index in [9.17, 15) is 4.79 Å². The molecule has 0 saturated heterocycles. The lowest BCUT2D eigenvalue weighted by Gasteiger charge is -2.07. The predicted octanol–water partition coefficient (Wildman–Crippen LogP) is 2.27. The van der Waals surface area contributed by atoms with E-state index in [2.05, 4.69) is 0 Å². The number of hydrogen-bond donors (Lipinski definition) is 1. The van der Waals surface area contributed by atoms with E-state index in [1.165, 1.54) is 0 Å². The Morgan fingerprint density at radius 3 is 2.36 bits per heavy atom. The third kappa shape index (κ3) is 9.52. The van der Waals surface area contributed by atoms with Gasteiger partial charge in [0, 0.05) is 6.42 Å². The molecule has 14 heavy (non-hydrogen) atoms. The van der Waals surface area contributed by atoms with Crippen molar-refractivity contribution in [2.75, 3.05) is 0 Å². The molecule has 0 fully saturated rings. The number of esters is 1. The van der Waals surface area contributed by atoms with Gasteiger partial charge in [0.15, 0.2) is 0 Å². The fraction of sp³-hybridized carbons (Fsp3) is 0.909. The SMILES string of the molecule is CC(O)CCCCCC(=O)OC(C)C. The van der Waals surface area contributed by atoms with Crippen LogP contribution in [0, 0.1) is 0 Å². The lowest BCUT2D eigenvalue weighted by molar-refractivity contribution is -0.147. The molecule has 1 unspecified atom stereocenters. The van der Waals surface area contributed by atoms with Crippen LogP contribution in [0.3, 0.4) is 0 Å². The van der Waals surface area contributed by atoms with Gasteiger partial charge in [-0.05, 0) is 33.6 Å². The first kappa shape index (κ1) is 13.4. The molecular formula is C11H22O3. The van der Waals surface area contributed by atoms with E-state index in [-0.39, 0.29) is 18.2 Å². The van der Waals surface area contributed by atoms with Crippen LogP contribution in [0.5, 0.6) is 0 Å². The highest BCUT2D eigenvalue weighted by atomic mass is 16.5. The van der Waals surface area contributed by atoms with E-state index in [0.29, 0.717) is 6.42 Å². The predicted molar refractivity (Wildman–Crippen MR) is 56.0 cm³/mol. The molecule has 0 aliphatic heterocycles. The minimum absolute atomic E-state index is 0.0139. The summed E-state index contributed by atoms with van der Waals surface area (Å²) < 4.78 is 4.99. The third-order valence-electron chi connectivity index (χ3n) is 1.87. The van der Waals surface area contributed by atoms with Crippen molar-refractivity contribution < 1.29 is 14.6 Å². The molecule has 0 saturated carbocycles. The molecule has 0 rings (SSSR count). The van der Waals surface area contributed by atoms with Crippen molar-refractivity contribution in [3.05, 3.63) is 0 Å². The van der Waals surface area contributed by atoms with Crippen molar-refractivity contribution in [3.63, 3.8) is 0 Å². The summed E-state index contributed by atoms with van der Waals surface area (Å²) in [5.41, 5.74) is 0. The van der Waals surface area contributed by atoms with Crippen molar-refractivity contribution in [2.45, 2.75) is 65.1 Å². The van der Waals surface area contributed by atoms with Gasteiger partial charge in [0.25, 0.3) is 0 Å². The Bertz CT molecular complexity index is 153. The molecule has 0 aromatic heterocycles. The molecule has 0 radical (unpaired) electrons. The topological polar surface area (TPSA) is 46.5 Å². The molecule has 84 valence electrons. The maximum atomic E-state index is 11.1. The normalized spacial score (nSPS) is 12.9. The van der Waals surface area contributed by atoms with Crippen LogP contribution in [0.1, 0.15) is 52.9 Å². The molecule has 0 spiro atoms. The summed E-state index contributed by atoms with van der Waals surface area (Å²) >= 11 is 0. The molecule has 0 amide bonds. The number of aliphatic hydroxyl groups is 1. The van der Waals surface area contributed by atoms with Gasteiger partial charge >= 0.3 is 5.97 Å². The van der Waals surface area contributed by atoms with Gasteiger partial charge in [0.05, 0.1) is 12.2 Å². The molecule has 0 aromatic rings. The van der Waals surface area contributed by atoms with Crippen molar-refractivity contribution in [3.8, 4) is 0 Å². The first-order valence-electron chi connectivity index (χ1n) is 5.40. The zero-order valence-corrected chi connectivity index (χ0v) is 9.45. The summed E-state index contributed by atoms with van der Waals surface area (Å²) in [4.78, 5) is 11.1. The average Bonchev–Trinajstić information content (AvgIpc) is 2.01. The number of carbonyl (C=O) groups is 1. The first-order valence-corrected chi connectivity index (χ1v) is 5.40. The molecule has 1 atom stereocenters. The fourth-order valence-corrected chi connectivity index (χ4v) is 1.21. The molecule has 0 aliphatic carbocycles. The third-order valence-corrected chi connectivity index (χ3v) is 1.87. The van der Waals surface area contributed by atoms with E-state index < -0.39 is 0 Å². The van der Waals surface area contributed by atoms with Gasteiger partial charge in [-0.15, -0.1) is 0 Å². The molecule has 0 aromatic carbocycles. The Morgan fingerprint density at radius 1 is 1.21 bits per heavy atom. The van der Waals surface area contributed by atoms with E-state index in [1.54, 1.807) is 6.92 Å². The van der Waals surface area contributed by atoms with E-state index >= 15 is 0 Å². The summed E-state index contributed by atoms with van der Waals surface area (Å²) in [6.07, 6.45) is 3.90. The second-order valence-electron chi connectivity index (χ2n) is 3.99. The highest BCUT2D eigenvalue weighted by molar-refractivity contribution is 5.69. The van der Waals surface area contributed by atoms with Crippen LogP contribution >= 0.6 is 0 Å². The highest BCUT2D eigenvalue weighted by Gasteiger charge is 2.04. The molecule has 3 heteroatoms. The lowest BCUT2D eigenvalue weighted by Crippen LogP contribution is -2.10. The summed E-state index contributed by atoms with van der Waals surface area (Å²) in [6.45, 7) is 5.49. The van der Waals surface area contributed by atoms with E-state index in [1.807, 2.05) is 13.8 Å². The summed E-state index contributed by atoms with van der Waals surface area (Å²) in [5.74, 6) is -0.114. The zero-order valence-electron chi connectivity index (χ0n) is 9.45. The van der Waals surface area contributed by atoms with Gasteiger partial charge < -0.3 is 9.84 Å². The quantitative estimate of drug-likeness (QED) is 0.509. The minimum atomic E-state index is -0.224. The zero-order chi connectivity index (χ0) is 11.0. The monoisotopic (exact) mass is 202 g/mol. The van der Waals surface area contributed by atoms with E-state index in [0.717, 1.165) is 25.7 Å². The van der Waals surface area contributed by atoms with Crippen molar-refractivity contribution in [1.82, 2.24) is 0 Å². The van der Waals surface area contributed by atoms with E-state index in [4.69, 9.17) is 9.84 Å². The maximum Gasteiger partial charge on any atom is 0.306 e. The van der Waals surface area contributed by atoms with Crippen LogP contribution in [-0.2, 0) is 9.53 Å². The number of ether oxygens (including phenoxy) is 1. The molecule has 1 N–H and O–H groups in total. The number of rotatable bonds is 7. The number of hydrogen-bond acceptors (Lipinski definition) is 3. The number of unbranched alkanes of at least 4 members (excludes halogenated alkanes) is 2. The molecular weight excluding hydrogens is 180 g/mol. The van der Waals surface area contributed by atoms with Crippen LogP contribution in [0.15, 0.2) is 0 Å². The summed E-state index contributed by atoms with van der Waals surface area (Å²) in [6, 6.07) is 0. The van der Waals surface area contributed by atoms with Gasteiger partial charge in [0.1, 0.15) is 0 Å². The smallest absolute Gasteiger partial charge is 0.306 e. The Balaban J connectivity index is 3.23. The van der Waals surface area contributed by atoms with Gasteiger partial charge in [-0.3, -0.25) is 4.79 Å². The lowest BCUT2D eigenvalue weighted by atomic mass is 10.1. The van der Waals surface area contributed by atoms with Crippen molar-refractivity contribution >= 4 is 5.97 Å². The van der Waals surface area contributed by atoms with Gasteiger partial charge in [-0.1, -0.05) is 12.8 Å². The number of carbonyl (C=O) groups excluding carboxylic acids is 1. The van der Waals surface area contributed by atoms with Crippen LogP contribution in [0.4, 0.5) is 0 Å². The Kier molecular flexibility index (Phi) is 7.48. The second kappa shape index (κ2) is 7.80. The molecule has 0 aliphatic rings. The average molecular weight is 202 g/mol. The van der Waals surface area contributed by atoms with Crippen LogP contribution < -0.4 is 0 Å². The maximum absolute atomic E-state index is 11.1. The van der Waals surface area contributed by atoms with Crippen LogP contribution in [0.25, 0.3) is 0 Å². The van der Waals surface area contributed by atoms with Gasteiger partial charge in [-0.2, -0.15) is 0 Å². The van der Waals surface area contributed by atoms with Gasteiger partial charge in [-0.25, -0.2) is 0 Å². The highest BCUT2D eigenvalue weighted by Crippen LogP contribution is 2.06. The summed E-state index contributed by atoms with van der Waals surface area (Å²) in [7, 11) is 0. The van der Waals surface area contributed by atoms with Crippen LogP contribution in [0.2, 0.25) is 0 Å². The molecule has 0 heterocycles. The second-order valence-corrected chi connectivity index (χ2v) is 3.99. The Labute approximate surface area is 86.5 Å². The van der Waals surface area contributed by atoms with Crippen molar-refractivity contribution in [1.29, 1.82) is 0 Å². The fourth-order valence-electron chi connectivity index (χ4n) is 1.21. The number of aliphatic hydroxyl groups excluding tert-OH is 1. The first-order chi connectivity index (χ1) is 6.52. The summed E-state index contributed by atoms with van der Waals surface area (Å²) in [5, 5.41) is 8.99. The van der Waals surface area contributed by atoms with Gasteiger partial charge in [0.2, 0.25) is 0 Å². The largest absolute Gasteiger partial charge is 0.463 e. The Hall–Kier alpha value is -0.570. The molecule has 0 bridgehead atoms.